The van der Waals surface area contributed by atoms with Crippen molar-refractivity contribution in [3.8, 4) is 6.07 Å². The molecule has 1 amide bonds. The fourth-order valence-corrected chi connectivity index (χ4v) is 7.04. The zero-order valence-electron chi connectivity index (χ0n) is 22.2. The molecule has 4 nitrogen and oxygen atoms in total. The summed E-state index contributed by atoms with van der Waals surface area (Å²) in [5, 5.41) is 10.1. The molecule has 1 saturated heterocycles. The van der Waals surface area contributed by atoms with Gasteiger partial charge in [0.1, 0.15) is 0 Å². The Morgan fingerprint density at radius 3 is 2.37 bits per heavy atom. The van der Waals surface area contributed by atoms with Gasteiger partial charge in [-0.15, -0.1) is 0 Å². The Morgan fingerprint density at radius 2 is 1.74 bits per heavy atom. The molecule has 1 aliphatic carbocycles. The van der Waals surface area contributed by atoms with Crippen molar-refractivity contribution in [2.24, 2.45) is 11.3 Å². The van der Waals surface area contributed by atoms with Gasteiger partial charge < -0.3 is 9.80 Å². The molecule has 2 heterocycles. The van der Waals surface area contributed by atoms with E-state index in [0.717, 1.165) is 62.4 Å². The number of carbonyl (C=O) groups is 1. The van der Waals surface area contributed by atoms with Gasteiger partial charge in [-0.05, 0) is 73.3 Å². The number of benzene rings is 2. The van der Waals surface area contributed by atoms with Crippen LogP contribution in [0.15, 0.2) is 48.5 Å². The first-order valence-corrected chi connectivity index (χ1v) is 13.8. The van der Waals surface area contributed by atoms with Crippen LogP contribution in [0, 0.1) is 22.7 Å². The van der Waals surface area contributed by atoms with Gasteiger partial charge in [0.05, 0.1) is 22.5 Å². The lowest BCUT2D eigenvalue weighted by Gasteiger charge is -2.42. The van der Waals surface area contributed by atoms with E-state index < -0.39 is 22.6 Å². The summed E-state index contributed by atoms with van der Waals surface area (Å²) in [7, 11) is 0. The molecule has 1 saturated carbocycles. The van der Waals surface area contributed by atoms with Crippen LogP contribution in [0.1, 0.15) is 68.2 Å². The van der Waals surface area contributed by atoms with Gasteiger partial charge in [-0.3, -0.25) is 4.79 Å². The number of piperidine rings is 1. The number of hydrogen-bond donors (Lipinski definition) is 0. The number of nitriles is 1. The highest BCUT2D eigenvalue weighted by Gasteiger charge is 2.51. The largest absolute Gasteiger partial charge is 0.416 e. The van der Waals surface area contributed by atoms with Crippen molar-refractivity contribution in [1.82, 2.24) is 9.80 Å². The quantitative estimate of drug-likeness (QED) is 0.470. The average molecular weight is 524 g/mol. The van der Waals surface area contributed by atoms with Crippen molar-refractivity contribution in [2.75, 3.05) is 19.6 Å². The van der Waals surface area contributed by atoms with Gasteiger partial charge in [-0.1, -0.05) is 50.2 Å². The third kappa shape index (κ3) is 4.73. The van der Waals surface area contributed by atoms with Crippen molar-refractivity contribution in [1.29, 1.82) is 5.26 Å². The van der Waals surface area contributed by atoms with Gasteiger partial charge in [0.25, 0.3) is 0 Å². The highest BCUT2D eigenvalue weighted by Crippen LogP contribution is 2.49. The minimum atomic E-state index is -4.39. The summed E-state index contributed by atoms with van der Waals surface area (Å²) in [5.41, 5.74) is 0.971. The van der Waals surface area contributed by atoms with E-state index in [2.05, 4.69) is 24.8 Å². The summed E-state index contributed by atoms with van der Waals surface area (Å²) in [6.07, 6.45) is 0.223. The minimum absolute atomic E-state index is 0.0886. The molecule has 0 aromatic heterocycles. The first kappa shape index (κ1) is 26.7. The molecule has 2 aliphatic heterocycles. The van der Waals surface area contributed by atoms with Crippen molar-refractivity contribution < 1.29 is 18.0 Å². The lowest BCUT2D eigenvalue weighted by molar-refractivity contribution is -0.146. The van der Waals surface area contributed by atoms with Crippen LogP contribution in [0.25, 0.3) is 0 Å². The fourth-order valence-electron chi connectivity index (χ4n) is 7.04. The number of likely N-dealkylation sites (tertiary alicyclic amines) is 1. The van der Waals surface area contributed by atoms with Crippen LogP contribution in [-0.4, -0.2) is 41.4 Å². The van der Waals surface area contributed by atoms with Gasteiger partial charge in [0, 0.05) is 32.2 Å². The lowest BCUT2D eigenvalue weighted by atomic mass is 9.72. The van der Waals surface area contributed by atoms with Crippen molar-refractivity contribution in [2.45, 2.75) is 76.6 Å². The smallest absolute Gasteiger partial charge is 0.338 e. The van der Waals surface area contributed by atoms with E-state index in [1.807, 2.05) is 30.3 Å². The van der Waals surface area contributed by atoms with E-state index in [-0.39, 0.29) is 24.4 Å². The number of hydrogen-bond acceptors (Lipinski definition) is 3. The first-order valence-electron chi connectivity index (χ1n) is 13.8. The molecule has 2 unspecified atom stereocenters. The highest BCUT2D eigenvalue weighted by molar-refractivity contribution is 5.84. The molecule has 7 heteroatoms. The third-order valence-electron chi connectivity index (χ3n) is 9.60. The Labute approximate surface area is 223 Å². The topological polar surface area (TPSA) is 47.3 Å². The molecule has 2 aromatic carbocycles. The van der Waals surface area contributed by atoms with E-state index in [1.54, 1.807) is 11.0 Å². The standard InChI is InChI=1S/C31H36F3N3O/c1-22(2)30(28(38)37-15-11-23-8-9-26(31(32,33)34)18-24(23)20-37)12-10-27(19-30)36-16-13-29(21-35,14-17-36)25-6-4-3-5-7-25/h3-9,18,22,27H,10-17,19-20H2,1-2H3. The van der Waals surface area contributed by atoms with Gasteiger partial charge >= 0.3 is 6.18 Å². The Kier molecular flexibility index (Phi) is 7.06. The second-order valence-electron chi connectivity index (χ2n) is 11.8. The molecule has 0 bridgehead atoms. The predicted molar refractivity (Wildman–Crippen MR) is 140 cm³/mol. The molecule has 2 atom stereocenters. The lowest BCUT2D eigenvalue weighted by Crippen LogP contribution is -2.49. The number of carbonyl (C=O) groups excluding carboxylic acids is 1. The summed E-state index contributed by atoms with van der Waals surface area (Å²) in [5.74, 6) is 0.223. The number of alkyl halides is 3. The Bertz CT molecular complexity index is 1210. The molecular formula is C31H36F3N3O. The zero-order chi connectivity index (χ0) is 27.1. The van der Waals surface area contributed by atoms with Crippen molar-refractivity contribution >= 4 is 5.91 Å². The minimum Gasteiger partial charge on any atom is -0.338 e. The number of fused-ring (bicyclic) bond motifs is 1. The number of nitrogens with zero attached hydrogens (tertiary/aromatic N) is 3. The maximum atomic E-state index is 14.1. The SMILES string of the molecule is CC(C)C1(C(=O)N2CCc3ccc(C(F)(F)F)cc3C2)CCC(N2CCC(C#N)(c3ccccc3)CC2)C1. The summed E-state index contributed by atoms with van der Waals surface area (Å²) in [4.78, 5) is 18.3. The summed E-state index contributed by atoms with van der Waals surface area (Å²) in [6.45, 7) is 6.64. The van der Waals surface area contributed by atoms with E-state index >= 15 is 0 Å². The van der Waals surface area contributed by atoms with Crippen molar-refractivity contribution in [3.05, 3.63) is 70.8 Å². The van der Waals surface area contributed by atoms with Crippen LogP contribution in [-0.2, 0) is 29.4 Å². The van der Waals surface area contributed by atoms with Crippen LogP contribution in [0.5, 0.6) is 0 Å². The van der Waals surface area contributed by atoms with Crippen LogP contribution < -0.4 is 0 Å². The molecular weight excluding hydrogens is 487 g/mol. The van der Waals surface area contributed by atoms with E-state index in [0.29, 0.717) is 18.5 Å². The molecule has 0 N–H and O–H groups in total. The average Bonchev–Trinajstić information content (AvgIpc) is 3.39. The summed E-state index contributed by atoms with van der Waals surface area (Å²) >= 11 is 0. The molecule has 2 aromatic rings. The Balaban J connectivity index is 1.29. The zero-order valence-corrected chi connectivity index (χ0v) is 22.2. The van der Waals surface area contributed by atoms with E-state index in [4.69, 9.17) is 0 Å². The monoisotopic (exact) mass is 523 g/mol. The highest BCUT2D eigenvalue weighted by atomic mass is 19.4. The summed E-state index contributed by atoms with van der Waals surface area (Å²) < 4.78 is 39.9. The number of rotatable bonds is 4. The number of amides is 1. The number of halogens is 3. The van der Waals surface area contributed by atoms with Crippen LogP contribution in [0.3, 0.4) is 0 Å². The summed E-state index contributed by atoms with van der Waals surface area (Å²) in [6, 6.07) is 16.9. The fraction of sp³-hybridized carbons (Fsp3) is 0.548. The van der Waals surface area contributed by atoms with Crippen LogP contribution >= 0.6 is 0 Å². The van der Waals surface area contributed by atoms with Crippen molar-refractivity contribution in [3.63, 3.8) is 0 Å². The van der Waals surface area contributed by atoms with Gasteiger partial charge in [-0.2, -0.15) is 18.4 Å². The Morgan fingerprint density at radius 1 is 1.03 bits per heavy atom. The maximum absolute atomic E-state index is 14.1. The van der Waals surface area contributed by atoms with Crippen LogP contribution in [0.2, 0.25) is 0 Å². The molecule has 38 heavy (non-hydrogen) atoms. The van der Waals surface area contributed by atoms with E-state index in [9.17, 15) is 23.2 Å². The second-order valence-corrected chi connectivity index (χ2v) is 11.8. The molecule has 2 fully saturated rings. The van der Waals surface area contributed by atoms with Gasteiger partial charge in [0.2, 0.25) is 5.91 Å². The molecule has 0 spiro atoms. The molecule has 5 rings (SSSR count). The predicted octanol–water partition coefficient (Wildman–Crippen LogP) is 6.34. The van der Waals surface area contributed by atoms with E-state index in [1.165, 1.54) is 6.07 Å². The third-order valence-corrected chi connectivity index (χ3v) is 9.60. The van der Waals surface area contributed by atoms with Gasteiger partial charge in [-0.25, -0.2) is 0 Å². The second kappa shape index (κ2) is 10.0. The maximum Gasteiger partial charge on any atom is 0.416 e. The van der Waals surface area contributed by atoms with Crippen LogP contribution in [0.4, 0.5) is 13.2 Å². The molecule has 3 aliphatic rings. The molecule has 202 valence electrons. The molecule has 0 radical (unpaired) electrons. The first-order chi connectivity index (χ1) is 18.1. The Hall–Kier alpha value is -2.85. The van der Waals surface area contributed by atoms with Gasteiger partial charge in [0.15, 0.2) is 0 Å². The normalized spacial score (nSPS) is 25.7.